The number of halogens is 1. The van der Waals surface area contributed by atoms with Crippen LogP contribution in [-0.4, -0.2) is 30.4 Å². The van der Waals surface area contributed by atoms with Crippen LogP contribution in [0.4, 0.5) is 0 Å². The molecule has 96 valence electrons. The molecule has 1 aromatic rings. The zero-order chi connectivity index (χ0) is 12.7. The highest BCUT2D eigenvalue weighted by molar-refractivity contribution is 9.10. The molecule has 2 unspecified atom stereocenters. The van der Waals surface area contributed by atoms with Gasteiger partial charge in [0.15, 0.2) is 0 Å². The van der Waals surface area contributed by atoms with Crippen molar-refractivity contribution in [1.82, 2.24) is 5.32 Å². The van der Waals surface area contributed by atoms with E-state index >= 15 is 0 Å². The van der Waals surface area contributed by atoms with Gasteiger partial charge in [-0.3, -0.25) is 0 Å². The van der Waals surface area contributed by atoms with Crippen LogP contribution in [0.5, 0.6) is 5.75 Å². The highest BCUT2D eigenvalue weighted by Gasteiger charge is 2.07. The van der Waals surface area contributed by atoms with Crippen molar-refractivity contribution in [2.24, 2.45) is 0 Å². The van der Waals surface area contributed by atoms with E-state index in [-0.39, 0.29) is 0 Å². The first-order chi connectivity index (χ1) is 8.11. The number of hydrogen-bond donors (Lipinski definition) is 2. The van der Waals surface area contributed by atoms with Crippen LogP contribution in [0.3, 0.4) is 0 Å². The number of nitrogens with one attached hydrogen (secondary N) is 1. The van der Waals surface area contributed by atoms with E-state index in [0.29, 0.717) is 19.2 Å². The van der Waals surface area contributed by atoms with Crippen LogP contribution in [-0.2, 0) is 0 Å². The first-order valence-corrected chi connectivity index (χ1v) is 6.71. The van der Waals surface area contributed by atoms with Gasteiger partial charge in [0.1, 0.15) is 18.5 Å². The minimum Gasteiger partial charge on any atom is -0.491 e. The van der Waals surface area contributed by atoms with E-state index < -0.39 is 6.10 Å². The van der Waals surface area contributed by atoms with Gasteiger partial charge in [-0.1, -0.05) is 28.9 Å². The first-order valence-electron chi connectivity index (χ1n) is 5.91. The number of aliphatic hydroxyl groups excluding tert-OH is 1. The molecule has 0 aliphatic rings. The van der Waals surface area contributed by atoms with E-state index in [4.69, 9.17) is 4.74 Å². The summed E-state index contributed by atoms with van der Waals surface area (Å²) in [5.74, 6) is 0.766. The zero-order valence-corrected chi connectivity index (χ0v) is 11.9. The Balaban J connectivity index is 2.26. The SMILES string of the molecule is CCC(C)NCC(O)COc1cccc(Br)c1. The van der Waals surface area contributed by atoms with E-state index in [2.05, 4.69) is 35.1 Å². The molecule has 1 rings (SSSR count). The Labute approximate surface area is 111 Å². The lowest BCUT2D eigenvalue weighted by Gasteiger charge is -2.16. The lowest BCUT2D eigenvalue weighted by atomic mass is 10.2. The molecule has 2 atom stereocenters. The monoisotopic (exact) mass is 301 g/mol. The third-order valence-corrected chi connectivity index (χ3v) is 3.05. The minimum atomic E-state index is -0.483. The molecule has 0 bridgehead atoms. The summed E-state index contributed by atoms with van der Waals surface area (Å²) in [7, 11) is 0. The summed E-state index contributed by atoms with van der Waals surface area (Å²) in [5.41, 5.74) is 0. The average molecular weight is 302 g/mol. The summed E-state index contributed by atoms with van der Waals surface area (Å²) < 4.78 is 6.47. The molecule has 1 aromatic carbocycles. The maximum atomic E-state index is 9.72. The van der Waals surface area contributed by atoms with Crippen molar-refractivity contribution in [1.29, 1.82) is 0 Å². The Bertz CT molecular complexity index is 333. The van der Waals surface area contributed by atoms with Gasteiger partial charge in [0.05, 0.1) is 0 Å². The molecular weight excluding hydrogens is 282 g/mol. The summed E-state index contributed by atoms with van der Waals surface area (Å²) in [6.45, 7) is 5.08. The number of hydrogen-bond acceptors (Lipinski definition) is 3. The minimum absolute atomic E-state index is 0.305. The van der Waals surface area contributed by atoms with E-state index in [1.54, 1.807) is 0 Å². The molecule has 0 saturated heterocycles. The number of benzene rings is 1. The molecule has 0 heterocycles. The highest BCUT2D eigenvalue weighted by Crippen LogP contribution is 2.17. The van der Waals surface area contributed by atoms with Crippen LogP contribution in [0.15, 0.2) is 28.7 Å². The molecule has 0 spiro atoms. The van der Waals surface area contributed by atoms with Gasteiger partial charge < -0.3 is 15.2 Å². The number of rotatable bonds is 7. The Morgan fingerprint density at radius 1 is 1.47 bits per heavy atom. The van der Waals surface area contributed by atoms with Crippen LogP contribution in [0.1, 0.15) is 20.3 Å². The predicted octanol–water partition coefficient (Wildman–Crippen LogP) is 2.58. The van der Waals surface area contributed by atoms with Crippen molar-refractivity contribution in [3.8, 4) is 5.75 Å². The second kappa shape index (κ2) is 7.69. The molecule has 0 saturated carbocycles. The lowest BCUT2D eigenvalue weighted by Crippen LogP contribution is -2.36. The maximum absolute atomic E-state index is 9.72. The number of ether oxygens (including phenoxy) is 1. The van der Waals surface area contributed by atoms with Crippen molar-refractivity contribution in [3.63, 3.8) is 0 Å². The molecule has 0 fully saturated rings. The second-order valence-electron chi connectivity index (χ2n) is 4.14. The van der Waals surface area contributed by atoms with Gasteiger partial charge in [0, 0.05) is 17.1 Å². The molecule has 0 aliphatic carbocycles. The van der Waals surface area contributed by atoms with Gasteiger partial charge in [-0.05, 0) is 31.5 Å². The molecule has 0 radical (unpaired) electrons. The predicted molar refractivity (Wildman–Crippen MR) is 73.4 cm³/mol. The van der Waals surface area contributed by atoms with Crippen molar-refractivity contribution in [3.05, 3.63) is 28.7 Å². The van der Waals surface area contributed by atoms with Gasteiger partial charge in [-0.15, -0.1) is 0 Å². The normalized spacial score (nSPS) is 14.4. The Kier molecular flexibility index (Phi) is 6.55. The van der Waals surface area contributed by atoms with Gasteiger partial charge in [-0.2, -0.15) is 0 Å². The smallest absolute Gasteiger partial charge is 0.120 e. The van der Waals surface area contributed by atoms with Crippen LogP contribution in [0.25, 0.3) is 0 Å². The Morgan fingerprint density at radius 2 is 2.24 bits per heavy atom. The fourth-order valence-electron chi connectivity index (χ4n) is 1.29. The quantitative estimate of drug-likeness (QED) is 0.813. The van der Waals surface area contributed by atoms with E-state index in [1.165, 1.54) is 0 Å². The van der Waals surface area contributed by atoms with Crippen LogP contribution in [0, 0.1) is 0 Å². The van der Waals surface area contributed by atoms with Crippen molar-refractivity contribution in [2.45, 2.75) is 32.4 Å². The summed E-state index contributed by atoms with van der Waals surface area (Å²) in [5, 5.41) is 13.0. The topological polar surface area (TPSA) is 41.5 Å². The van der Waals surface area contributed by atoms with Gasteiger partial charge >= 0.3 is 0 Å². The van der Waals surface area contributed by atoms with Crippen molar-refractivity contribution < 1.29 is 9.84 Å². The summed E-state index contributed by atoms with van der Waals surface area (Å²) in [6, 6.07) is 8.03. The highest BCUT2D eigenvalue weighted by atomic mass is 79.9. The average Bonchev–Trinajstić information content (AvgIpc) is 2.33. The Morgan fingerprint density at radius 3 is 2.88 bits per heavy atom. The van der Waals surface area contributed by atoms with Crippen LogP contribution >= 0.6 is 15.9 Å². The number of aliphatic hydroxyl groups is 1. The molecule has 17 heavy (non-hydrogen) atoms. The Hall–Kier alpha value is -0.580. The fourth-order valence-corrected chi connectivity index (χ4v) is 1.67. The van der Waals surface area contributed by atoms with Crippen LogP contribution < -0.4 is 10.1 Å². The fraction of sp³-hybridized carbons (Fsp3) is 0.538. The molecule has 0 aliphatic heterocycles. The largest absolute Gasteiger partial charge is 0.491 e. The molecule has 2 N–H and O–H groups in total. The summed E-state index contributed by atoms with van der Waals surface area (Å²) in [6.07, 6.45) is 0.571. The molecule has 3 nitrogen and oxygen atoms in total. The van der Waals surface area contributed by atoms with Crippen molar-refractivity contribution >= 4 is 15.9 Å². The molecule has 4 heteroatoms. The lowest BCUT2D eigenvalue weighted by molar-refractivity contribution is 0.104. The third kappa shape index (κ3) is 6.05. The van der Waals surface area contributed by atoms with Gasteiger partial charge in [0.25, 0.3) is 0 Å². The maximum Gasteiger partial charge on any atom is 0.120 e. The molecular formula is C13H20BrNO2. The summed E-state index contributed by atoms with van der Waals surface area (Å²) >= 11 is 3.37. The van der Waals surface area contributed by atoms with Gasteiger partial charge in [0.2, 0.25) is 0 Å². The third-order valence-electron chi connectivity index (χ3n) is 2.55. The van der Waals surface area contributed by atoms with Crippen LogP contribution in [0.2, 0.25) is 0 Å². The van der Waals surface area contributed by atoms with E-state index in [1.807, 2.05) is 24.3 Å². The standard InChI is InChI=1S/C13H20BrNO2/c1-3-10(2)15-8-12(16)9-17-13-6-4-5-11(14)7-13/h4-7,10,12,15-16H,3,8-9H2,1-2H3. The van der Waals surface area contributed by atoms with E-state index in [0.717, 1.165) is 16.6 Å². The van der Waals surface area contributed by atoms with Crippen molar-refractivity contribution in [2.75, 3.05) is 13.2 Å². The summed E-state index contributed by atoms with van der Waals surface area (Å²) in [4.78, 5) is 0. The first kappa shape index (κ1) is 14.5. The molecule has 0 amide bonds. The van der Waals surface area contributed by atoms with E-state index in [9.17, 15) is 5.11 Å². The second-order valence-corrected chi connectivity index (χ2v) is 5.06. The molecule has 0 aromatic heterocycles. The van der Waals surface area contributed by atoms with Gasteiger partial charge in [-0.25, -0.2) is 0 Å². The zero-order valence-electron chi connectivity index (χ0n) is 10.3.